The largest absolute Gasteiger partial charge is 0.273 e. The monoisotopic (exact) mass is 364 g/mol. The molecule has 1 fully saturated rings. The van der Waals surface area contributed by atoms with E-state index in [0.717, 1.165) is 25.2 Å². The molecule has 0 aromatic heterocycles. The van der Waals surface area contributed by atoms with Crippen LogP contribution in [-0.4, -0.2) is 11.6 Å². The Labute approximate surface area is 162 Å². The topological polar surface area (TPSA) is 41.5 Å². The summed E-state index contributed by atoms with van der Waals surface area (Å²) in [7, 11) is 0. The molecule has 3 nitrogen and oxygen atoms in total. The Bertz CT molecular complexity index is 404. The number of amides is 1. The highest BCUT2D eigenvalue weighted by Crippen LogP contribution is 2.39. The molecule has 152 valence electrons. The third-order valence-corrected chi connectivity index (χ3v) is 6.43. The molecule has 0 radical (unpaired) electrons. The van der Waals surface area contributed by atoms with E-state index in [4.69, 9.17) is 0 Å². The van der Waals surface area contributed by atoms with Crippen molar-refractivity contribution in [2.75, 3.05) is 0 Å². The molecule has 0 unspecified atom stereocenters. The average Bonchev–Trinajstić information content (AvgIpc) is 2.65. The lowest BCUT2D eigenvalue weighted by Gasteiger charge is -2.36. The number of rotatable bonds is 13. The third kappa shape index (κ3) is 9.73. The van der Waals surface area contributed by atoms with Crippen LogP contribution >= 0.6 is 0 Å². The van der Waals surface area contributed by atoms with Crippen LogP contribution in [0.15, 0.2) is 5.10 Å². The van der Waals surface area contributed by atoms with E-state index in [0.29, 0.717) is 11.8 Å². The Balaban J connectivity index is 2.05. The van der Waals surface area contributed by atoms with Gasteiger partial charge in [-0.15, -0.1) is 0 Å². The molecule has 0 aliphatic heterocycles. The van der Waals surface area contributed by atoms with Crippen LogP contribution in [0.25, 0.3) is 0 Å². The predicted octanol–water partition coefficient (Wildman–Crippen LogP) is 7.01. The molecule has 1 aliphatic carbocycles. The number of hydrogen-bond donors (Lipinski definition) is 1. The van der Waals surface area contributed by atoms with Crippen LogP contribution in [0.5, 0.6) is 0 Å². The normalized spacial score (nSPS) is 18.0. The minimum atomic E-state index is 0.0939. The first kappa shape index (κ1) is 23.2. The minimum Gasteiger partial charge on any atom is -0.273 e. The van der Waals surface area contributed by atoms with E-state index in [1.54, 1.807) is 0 Å². The second kappa shape index (κ2) is 13.3. The molecule has 26 heavy (non-hydrogen) atoms. The van der Waals surface area contributed by atoms with Crippen molar-refractivity contribution in [3.05, 3.63) is 0 Å². The number of hydrazone groups is 1. The lowest BCUT2D eigenvalue weighted by atomic mass is 9.69. The summed E-state index contributed by atoms with van der Waals surface area (Å²) < 4.78 is 0. The highest BCUT2D eigenvalue weighted by molar-refractivity contribution is 5.86. The van der Waals surface area contributed by atoms with Gasteiger partial charge in [0.1, 0.15) is 0 Å². The van der Waals surface area contributed by atoms with E-state index in [1.165, 1.54) is 76.3 Å². The molecule has 1 saturated carbocycles. The fourth-order valence-electron chi connectivity index (χ4n) is 3.93. The van der Waals surface area contributed by atoms with Gasteiger partial charge in [0, 0.05) is 12.1 Å². The van der Waals surface area contributed by atoms with Crippen molar-refractivity contribution in [2.45, 2.75) is 124 Å². The predicted molar refractivity (Wildman–Crippen MR) is 113 cm³/mol. The Morgan fingerprint density at radius 1 is 0.962 bits per heavy atom. The van der Waals surface area contributed by atoms with Gasteiger partial charge >= 0.3 is 0 Å². The fourth-order valence-corrected chi connectivity index (χ4v) is 3.93. The molecule has 0 saturated heterocycles. The van der Waals surface area contributed by atoms with E-state index in [2.05, 4.69) is 38.2 Å². The van der Waals surface area contributed by atoms with Crippen molar-refractivity contribution in [1.82, 2.24) is 5.43 Å². The molecule has 0 aromatic carbocycles. The SMILES string of the molecule is CCCCCCCCCCCC(=O)NN=C1CCC(C(C)(C)CC)CC1. The number of unbranched alkanes of at least 4 members (excludes halogenated alkanes) is 8. The van der Waals surface area contributed by atoms with Gasteiger partial charge in [-0.25, -0.2) is 5.43 Å². The number of nitrogens with one attached hydrogen (secondary N) is 1. The van der Waals surface area contributed by atoms with E-state index >= 15 is 0 Å². The highest BCUT2D eigenvalue weighted by Gasteiger charge is 2.30. The third-order valence-electron chi connectivity index (χ3n) is 6.43. The van der Waals surface area contributed by atoms with Crippen LogP contribution in [0, 0.1) is 11.3 Å². The van der Waals surface area contributed by atoms with Gasteiger partial charge in [0.05, 0.1) is 0 Å². The van der Waals surface area contributed by atoms with Crippen LogP contribution < -0.4 is 5.43 Å². The Morgan fingerprint density at radius 3 is 2.04 bits per heavy atom. The zero-order valence-electron chi connectivity index (χ0n) is 18.0. The van der Waals surface area contributed by atoms with Gasteiger partial charge < -0.3 is 0 Å². The molecule has 1 N–H and O–H groups in total. The molecular weight excluding hydrogens is 320 g/mol. The zero-order chi connectivity index (χ0) is 19.3. The van der Waals surface area contributed by atoms with E-state index < -0.39 is 0 Å². The van der Waals surface area contributed by atoms with Gasteiger partial charge in [0.15, 0.2) is 0 Å². The summed E-state index contributed by atoms with van der Waals surface area (Å²) in [6, 6.07) is 0. The molecule has 0 heterocycles. The summed E-state index contributed by atoms with van der Waals surface area (Å²) >= 11 is 0. The van der Waals surface area contributed by atoms with Crippen LogP contribution in [0.1, 0.15) is 124 Å². The van der Waals surface area contributed by atoms with Crippen molar-refractivity contribution < 1.29 is 4.79 Å². The summed E-state index contributed by atoms with van der Waals surface area (Å²) in [6.07, 6.45) is 18.0. The standard InChI is InChI=1S/C23H44N2O/c1-5-7-8-9-10-11-12-13-14-15-22(26)25-24-21-18-16-20(17-19-21)23(3,4)6-2/h20H,5-19H2,1-4H3,(H,25,26). The van der Waals surface area contributed by atoms with E-state index in [1.807, 2.05) is 0 Å². The molecule has 3 heteroatoms. The van der Waals surface area contributed by atoms with Gasteiger partial charge in [-0.1, -0.05) is 85.5 Å². The van der Waals surface area contributed by atoms with Crippen molar-refractivity contribution in [2.24, 2.45) is 16.4 Å². The highest BCUT2D eigenvalue weighted by atomic mass is 16.2. The molecule has 1 amide bonds. The maximum absolute atomic E-state index is 11.9. The smallest absolute Gasteiger partial charge is 0.240 e. The van der Waals surface area contributed by atoms with Gasteiger partial charge in [-0.05, 0) is 43.4 Å². The molecular formula is C23H44N2O. The van der Waals surface area contributed by atoms with Gasteiger partial charge in [-0.2, -0.15) is 5.10 Å². The van der Waals surface area contributed by atoms with Crippen molar-refractivity contribution in [1.29, 1.82) is 0 Å². The Hall–Kier alpha value is -0.860. The molecule has 1 aliphatic rings. The summed E-state index contributed by atoms with van der Waals surface area (Å²) in [4.78, 5) is 11.9. The second-order valence-corrected chi connectivity index (χ2v) is 8.91. The lowest BCUT2D eigenvalue weighted by Crippen LogP contribution is -2.29. The summed E-state index contributed by atoms with van der Waals surface area (Å²) in [5.74, 6) is 0.889. The Morgan fingerprint density at radius 2 is 1.50 bits per heavy atom. The molecule has 0 aromatic rings. The first-order valence-corrected chi connectivity index (χ1v) is 11.3. The fraction of sp³-hybridized carbons (Fsp3) is 0.913. The van der Waals surface area contributed by atoms with Crippen LogP contribution in [0.3, 0.4) is 0 Å². The summed E-state index contributed by atoms with van der Waals surface area (Å²) in [5, 5.41) is 4.40. The zero-order valence-corrected chi connectivity index (χ0v) is 18.0. The average molecular weight is 365 g/mol. The van der Waals surface area contributed by atoms with Gasteiger partial charge in [0.25, 0.3) is 0 Å². The quantitative estimate of drug-likeness (QED) is 0.277. The van der Waals surface area contributed by atoms with Gasteiger partial charge in [0.2, 0.25) is 5.91 Å². The maximum Gasteiger partial charge on any atom is 0.240 e. The minimum absolute atomic E-state index is 0.0939. The number of carbonyl (C=O) groups excluding carboxylic acids is 1. The Kier molecular flexibility index (Phi) is 11.9. The molecule has 1 rings (SSSR count). The first-order chi connectivity index (χ1) is 12.5. The van der Waals surface area contributed by atoms with Crippen molar-refractivity contribution >= 4 is 11.6 Å². The first-order valence-electron chi connectivity index (χ1n) is 11.3. The van der Waals surface area contributed by atoms with Crippen LogP contribution in [0.4, 0.5) is 0 Å². The van der Waals surface area contributed by atoms with Gasteiger partial charge in [-0.3, -0.25) is 4.79 Å². The lowest BCUT2D eigenvalue weighted by molar-refractivity contribution is -0.121. The second-order valence-electron chi connectivity index (χ2n) is 8.91. The molecule has 0 spiro atoms. The molecule has 0 atom stereocenters. The van der Waals surface area contributed by atoms with Crippen LogP contribution in [-0.2, 0) is 4.79 Å². The van der Waals surface area contributed by atoms with E-state index in [-0.39, 0.29) is 5.91 Å². The number of carbonyl (C=O) groups is 1. The number of hydrogen-bond acceptors (Lipinski definition) is 2. The van der Waals surface area contributed by atoms with Crippen LogP contribution in [0.2, 0.25) is 0 Å². The maximum atomic E-state index is 11.9. The molecule has 0 bridgehead atoms. The van der Waals surface area contributed by atoms with Crippen molar-refractivity contribution in [3.8, 4) is 0 Å². The summed E-state index contributed by atoms with van der Waals surface area (Å²) in [6.45, 7) is 9.31. The summed E-state index contributed by atoms with van der Waals surface area (Å²) in [5.41, 5.74) is 4.42. The van der Waals surface area contributed by atoms with Crippen molar-refractivity contribution in [3.63, 3.8) is 0 Å². The van der Waals surface area contributed by atoms with E-state index in [9.17, 15) is 4.79 Å². The number of nitrogens with zero attached hydrogens (tertiary/aromatic N) is 1.